The summed E-state index contributed by atoms with van der Waals surface area (Å²) in [7, 11) is 0. The van der Waals surface area contributed by atoms with Crippen LogP contribution in [0.4, 0.5) is 0 Å². The van der Waals surface area contributed by atoms with Crippen LogP contribution in [0.15, 0.2) is 24.3 Å². The standard InChI is InChI=1S/C15H20N2O/c1-3-4-7-18-14-5-6-15-12(9-14)8-13(10-16)11(2)17-15/h5-6,8-9H,3-4,7,10,16H2,1-2H3. The number of aryl methyl sites for hydroxylation is 1. The first-order valence-corrected chi connectivity index (χ1v) is 6.47. The molecule has 0 saturated carbocycles. The number of rotatable bonds is 5. The normalized spacial score (nSPS) is 10.8. The predicted octanol–water partition coefficient (Wildman–Crippen LogP) is 3.18. The van der Waals surface area contributed by atoms with Crippen molar-refractivity contribution in [1.29, 1.82) is 0 Å². The Morgan fingerprint density at radius 2 is 2.11 bits per heavy atom. The molecule has 0 aliphatic heterocycles. The lowest BCUT2D eigenvalue weighted by Crippen LogP contribution is -2.01. The Labute approximate surface area is 108 Å². The Morgan fingerprint density at radius 3 is 2.83 bits per heavy atom. The molecule has 0 atom stereocenters. The van der Waals surface area contributed by atoms with Crippen molar-refractivity contribution < 1.29 is 4.74 Å². The summed E-state index contributed by atoms with van der Waals surface area (Å²) in [5, 5.41) is 1.09. The first-order valence-electron chi connectivity index (χ1n) is 6.47. The van der Waals surface area contributed by atoms with E-state index in [1.807, 2.05) is 25.1 Å². The summed E-state index contributed by atoms with van der Waals surface area (Å²) in [5.41, 5.74) is 8.80. The van der Waals surface area contributed by atoms with Crippen LogP contribution in [0.1, 0.15) is 31.0 Å². The molecule has 0 bridgehead atoms. The fourth-order valence-corrected chi connectivity index (χ4v) is 1.93. The minimum atomic E-state index is 0.524. The summed E-state index contributed by atoms with van der Waals surface area (Å²) < 4.78 is 5.70. The lowest BCUT2D eigenvalue weighted by atomic mass is 10.1. The predicted molar refractivity (Wildman–Crippen MR) is 74.8 cm³/mol. The van der Waals surface area contributed by atoms with Crippen LogP contribution in [-0.4, -0.2) is 11.6 Å². The molecular formula is C15H20N2O. The smallest absolute Gasteiger partial charge is 0.120 e. The van der Waals surface area contributed by atoms with Crippen molar-refractivity contribution in [3.63, 3.8) is 0 Å². The Kier molecular flexibility index (Phi) is 4.15. The Balaban J connectivity index is 2.29. The zero-order valence-corrected chi connectivity index (χ0v) is 11.1. The minimum absolute atomic E-state index is 0.524. The van der Waals surface area contributed by atoms with E-state index in [2.05, 4.69) is 18.0 Å². The highest BCUT2D eigenvalue weighted by Crippen LogP contribution is 2.22. The van der Waals surface area contributed by atoms with Crippen LogP contribution in [0.3, 0.4) is 0 Å². The molecule has 0 aliphatic carbocycles. The average Bonchev–Trinajstić information content (AvgIpc) is 2.38. The Bertz CT molecular complexity index is 537. The largest absolute Gasteiger partial charge is 0.494 e. The van der Waals surface area contributed by atoms with Gasteiger partial charge in [0.05, 0.1) is 12.1 Å². The molecule has 2 aromatic rings. The maximum atomic E-state index is 5.71. The van der Waals surface area contributed by atoms with Crippen molar-refractivity contribution in [2.24, 2.45) is 5.73 Å². The Morgan fingerprint density at radius 1 is 1.28 bits per heavy atom. The molecule has 0 aliphatic rings. The third kappa shape index (κ3) is 2.79. The van der Waals surface area contributed by atoms with Crippen LogP contribution in [0.5, 0.6) is 5.75 Å². The average molecular weight is 244 g/mol. The van der Waals surface area contributed by atoms with Crippen LogP contribution < -0.4 is 10.5 Å². The minimum Gasteiger partial charge on any atom is -0.494 e. The zero-order valence-electron chi connectivity index (χ0n) is 11.1. The second-order valence-corrected chi connectivity index (χ2v) is 4.49. The van der Waals surface area contributed by atoms with Gasteiger partial charge < -0.3 is 10.5 Å². The summed E-state index contributed by atoms with van der Waals surface area (Å²) >= 11 is 0. The van der Waals surface area contributed by atoms with Crippen LogP contribution in [0.2, 0.25) is 0 Å². The first-order chi connectivity index (χ1) is 8.74. The maximum Gasteiger partial charge on any atom is 0.120 e. The molecular weight excluding hydrogens is 224 g/mol. The van der Waals surface area contributed by atoms with E-state index in [4.69, 9.17) is 10.5 Å². The molecule has 0 amide bonds. The molecule has 0 fully saturated rings. The first kappa shape index (κ1) is 12.8. The quantitative estimate of drug-likeness (QED) is 0.822. The number of pyridine rings is 1. The van der Waals surface area contributed by atoms with Crippen molar-refractivity contribution in [2.75, 3.05) is 6.61 Å². The summed E-state index contributed by atoms with van der Waals surface area (Å²) in [4.78, 5) is 4.55. The molecule has 18 heavy (non-hydrogen) atoms. The van der Waals surface area contributed by atoms with Gasteiger partial charge in [-0.3, -0.25) is 4.98 Å². The van der Waals surface area contributed by atoms with Crippen LogP contribution in [-0.2, 0) is 6.54 Å². The van der Waals surface area contributed by atoms with Crippen LogP contribution in [0, 0.1) is 6.92 Å². The highest BCUT2D eigenvalue weighted by atomic mass is 16.5. The van der Waals surface area contributed by atoms with Crippen molar-refractivity contribution in [1.82, 2.24) is 4.98 Å². The zero-order chi connectivity index (χ0) is 13.0. The second kappa shape index (κ2) is 5.83. The lowest BCUT2D eigenvalue weighted by molar-refractivity contribution is 0.310. The highest BCUT2D eigenvalue weighted by Gasteiger charge is 2.03. The molecule has 96 valence electrons. The van der Waals surface area contributed by atoms with Crippen LogP contribution in [0.25, 0.3) is 10.9 Å². The molecule has 0 spiro atoms. The maximum absolute atomic E-state index is 5.71. The van der Waals surface area contributed by atoms with Crippen molar-refractivity contribution in [3.05, 3.63) is 35.5 Å². The molecule has 3 nitrogen and oxygen atoms in total. The van der Waals surface area contributed by atoms with Crippen molar-refractivity contribution in [2.45, 2.75) is 33.2 Å². The SMILES string of the molecule is CCCCOc1ccc2nc(C)c(CN)cc2c1. The van der Waals surface area contributed by atoms with E-state index in [1.165, 1.54) is 0 Å². The molecule has 0 radical (unpaired) electrons. The van der Waals surface area contributed by atoms with Gasteiger partial charge in [0.25, 0.3) is 0 Å². The van der Waals surface area contributed by atoms with Gasteiger partial charge >= 0.3 is 0 Å². The van der Waals surface area contributed by atoms with Gasteiger partial charge in [-0.05, 0) is 43.2 Å². The van der Waals surface area contributed by atoms with Gasteiger partial charge in [0.1, 0.15) is 5.75 Å². The summed E-state index contributed by atoms with van der Waals surface area (Å²) in [6.45, 7) is 5.44. The molecule has 2 rings (SSSR count). The molecule has 3 heteroatoms. The van der Waals surface area contributed by atoms with Crippen molar-refractivity contribution in [3.8, 4) is 5.75 Å². The van der Waals surface area contributed by atoms with Gasteiger partial charge in [0, 0.05) is 17.6 Å². The van der Waals surface area contributed by atoms with E-state index in [9.17, 15) is 0 Å². The second-order valence-electron chi connectivity index (χ2n) is 4.49. The van der Waals surface area contributed by atoms with Gasteiger partial charge in [-0.15, -0.1) is 0 Å². The Hall–Kier alpha value is -1.61. The van der Waals surface area contributed by atoms with Crippen molar-refractivity contribution >= 4 is 10.9 Å². The molecule has 1 aromatic heterocycles. The number of fused-ring (bicyclic) bond motifs is 1. The van der Waals surface area contributed by atoms with Crippen LogP contribution >= 0.6 is 0 Å². The number of hydrogen-bond acceptors (Lipinski definition) is 3. The number of nitrogens with zero attached hydrogens (tertiary/aromatic N) is 1. The van der Waals surface area contributed by atoms with E-state index < -0.39 is 0 Å². The highest BCUT2D eigenvalue weighted by molar-refractivity contribution is 5.81. The van der Waals surface area contributed by atoms with E-state index >= 15 is 0 Å². The molecule has 2 N–H and O–H groups in total. The van der Waals surface area contributed by atoms with E-state index in [0.29, 0.717) is 6.54 Å². The molecule has 1 aromatic carbocycles. The van der Waals surface area contributed by atoms with E-state index in [1.54, 1.807) is 0 Å². The third-order valence-electron chi connectivity index (χ3n) is 3.07. The van der Waals surface area contributed by atoms with E-state index in [-0.39, 0.29) is 0 Å². The number of unbranched alkanes of at least 4 members (excludes halogenated alkanes) is 1. The summed E-state index contributed by atoms with van der Waals surface area (Å²) in [5.74, 6) is 0.907. The molecule has 0 unspecified atom stereocenters. The number of ether oxygens (including phenoxy) is 1. The number of nitrogens with two attached hydrogens (primary N) is 1. The summed E-state index contributed by atoms with van der Waals surface area (Å²) in [6.07, 6.45) is 2.23. The molecule has 0 saturated heterocycles. The summed E-state index contributed by atoms with van der Waals surface area (Å²) in [6, 6.07) is 8.12. The number of benzene rings is 1. The van der Waals surface area contributed by atoms with Gasteiger partial charge in [-0.25, -0.2) is 0 Å². The van der Waals surface area contributed by atoms with Gasteiger partial charge in [-0.1, -0.05) is 13.3 Å². The van der Waals surface area contributed by atoms with Gasteiger partial charge in [0.2, 0.25) is 0 Å². The third-order valence-corrected chi connectivity index (χ3v) is 3.07. The monoisotopic (exact) mass is 244 g/mol. The number of hydrogen-bond donors (Lipinski definition) is 1. The topological polar surface area (TPSA) is 48.1 Å². The van der Waals surface area contributed by atoms with E-state index in [0.717, 1.165) is 47.4 Å². The fourth-order valence-electron chi connectivity index (χ4n) is 1.93. The van der Waals surface area contributed by atoms with Gasteiger partial charge in [0.15, 0.2) is 0 Å². The van der Waals surface area contributed by atoms with Gasteiger partial charge in [-0.2, -0.15) is 0 Å². The lowest BCUT2D eigenvalue weighted by Gasteiger charge is -2.08. The number of aromatic nitrogens is 1. The fraction of sp³-hybridized carbons (Fsp3) is 0.400. The molecule has 1 heterocycles.